The maximum Gasteiger partial charge on any atom is 0.355 e. The van der Waals surface area contributed by atoms with Gasteiger partial charge in [-0.05, 0) is 49.2 Å². The lowest BCUT2D eigenvalue weighted by molar-refractivity contribution is -0.119. The number of aromatic nitrogens is 3. The number of nitriles is 1. The third kappa shape index (κ3) is 4.02. The molecule has 0 unspecified atom stereocenters. The summed E-state index contributed by atoms with van der Waals surface area (Å²) < 4.78 is 6.61. The molecule has 0 saturated carbocycles. The van der Waals surface area contributed by atoms with Crippen molar-refractivity contribution in [2.45, 2.75) is 13.8 Å². The first-order chi connectivity index (χ1) is 15.0. The quantitative estimate of drug-likeness (QED) is 0.485. The fourth-order valence-electron chi connectivity index (χ4n) is 3.40. The number of hydrogen-bond donors (Lipinski definition) is 2. The number of amides is 1. The number of carbonyl (C=O) groups excluding carboxylic acids is 2. The molecule has 8 nitrogen and oxygen atoms in total. The minimum Gasteiger partial charge on any atom is -0.451 e. The molecule has 0 spiro atoms. The van der Waals surface area contributed by atoms with E-state index < -0.39 is 18.5 Å². The van der Waals surface area contributed by atoms with Crippen LogP contribution in [0.4, 0.5) is 5.82 Å². The highest BCUT2D eigenvalue weighted by Crippen LogP contribution is 2.22. The topological polar surface area (TPSA) is 113 Å². The van der Waals surface area contributed by atoms with E-state index in [1.807, 2.05) is 50.2 Å². The van der Waals surface area contributed by atoms with Gasteiger partial charge in [0, 0.05) is 10.9 Å². The Morgan fingerprint density at radius 1 is 1.19 bits per heavy atom. The fourth-order valence-corrected chi connectivity index (χ4v) is 3.40. The molecule has 2 N–H and O–H groups in total. The van der Waals surface area contributed by atoms with Crippen LogP contribution in [0.5, 0.6) is 0 Å². The number of ether oxygens (including phenoxy) is 1. The van der Waals surface area contributed by atoms with Crippen molar-refractivity contribution < 1.29 is 14.3 Å². The number of benzene rings is 2. The van der Waals surface area contributed by atoms with Crippen molar-refractivity contribution in [1.29, 1.82) is 5.26 Å². The van der Waals surface area contributed by atoms with Crippen molar-refractivity contribution in [1.82, 2.24) is 14.8 Å². The molecule has 2 aromatic heterocycles. The maximum absolute atomic E-state index is 12.4. The molecule has 0 fully saturated rings. The van der Waals surface area contributed by atoms with E-state index in [-0.39, 0.29) is 17.1 Å². The molecule has 1 amide bonds. The molecule has 8 heteroatoms. The number of aryl methyl sites for hydroxylation is 2. The van der Waals surface area contributed by atoms with Crippen LogP contribution in [-0.2, 0) is 9.53 Å². The number of rotatable bonds is 5. The Balaban J connectivity index is 1.47. The third-order valence-corrected chi connectivity index (χ3v) is 4.79. The Morgan fingerprint density at radius 3 is 2.71 bits per heavy atom. The smallest absolute Gasteiger partial charge is 0.355 e. The number of fused-ring (bicyclic) bond motifs is 1. The first kappa shape index (κ1) is 19.9. The molecule has 31 heavy (non-hydrogen) atoms. The van der Waals surface area contributed by atoms with E-state index in [1.54, 1.807) is 18.2 Å². The number of nitrogens with one attached hydrogen (secondary N) is 2. The number of nitrogens with zero attached hydrogens (tertiary/aromatic N) is 3. The number of hydrogen-bond acceptors (Lipinski definition) is 5. The van der Waals surface area contributed by atoms with Crippen LogP contribution in [0.2, 0.25) is 0 Å². The second kappa shape index (κ2) is 8.16. The normalized spacial score (nSPS) is 10.6. The van der Waals surface area contributed by atoms with Gasteiger partial charge >= 0.3 is 5.97 Å². The summed E-state index contributed by atoms with van der Waals surface area (Å²) in [6, 6.07) is 16.8. The van der Waals surface area contributed by atoms with Crippen molar-refractivity contribution in [2.24, 2.45) is 0 Å². The highest BCUT2D eigenvalue weighted by atomic mass is 16.5. The van der Waals surface area contributed by atoms with Gasteiger partial charge in [-0.1, -0.05) is 24.3 Å². The zero-order chi connectivity index (χ0) is 22.0. The zero-order valence-electron chi connectivity index (χ0n) is 17.0. The van der Waals surface area contributed by atoms with Gasteiger partial charge in [0.05, 0.1) is 11.9 Å². The monoisotopic (exact) mass is 413 g/mol. The second-order valence-corrected chi connectivity index (χ2v) is 7.12. The largest absolute Gasteiger partial charge is 0.451 e. The van der Waals surface area contributed by atoms with Crippen molar-refractivity contribution in [3.8, 4) is 11.8 Å². The summed E-state index contributed by atoms with van der Waals surface area (Å²) >= 11 is 0. The number of para-hydroxylation sites is 1. The Hall–Kier alpha value is -4.38. The van der Waals surface area contributed by atoms with Gasteiger partial charge in [0.25, 0.3) is 5.91 Å². The highest BCUT2D eigenvalue weighted by molar-refractivity contribution is 5.98. The average molecular weight is 413 g/mol. The predicted octanol–water partition coefficient (Wildman–Crippen LogP) is 3.64. The van der Waals surface area contributed by atoms with Crippen LogP contribution >= 0.6 is 0 Å². The van der Waals surface area contributed by atoms with Crippen LogP contribution in [0.3, 0.4) is 0 Å². The molecule has 0 saturated heterocycles. The Bertz CT molecular complexity index is 1330. The molecule has 0 aliphatic rings. The van der Waals surface area contributed by atoms with E-state index in [0.717, 1.165) is 22.0 Å². The van der Waals surface area contributed by atoms with Gasteiger partial charge < -0.3 is 15.0 Å². The first-order valence-electron chi connectivity index (χ1n) is 9.57. The van der Waals surface area contributed by atoms with Gasteiger partial charge in [-0.15, -0.1) is 0 Å². The summed E-state index contributed by atoms with van der Waals surface area (Å²) in [5.74, 6) is -1.00. The molecule has 4 aromatic rings. The number of aromatic amines is 1. The van der Waals surface area contributed by atoms with Crippen molar-refractivity contribution in [3.05, 3.63) is 77.1 Å². The molecule has 0 atom stereocenters. The summed E-state index contributed by atoms with van der Waals surface area (Å²) in [6.07, 6.45) is 1.36. The van der Waals surface area contributed by atoms with Crippen molar-refractivity contribution in [2.75, 3.05) is 11.9 Å². The predicted molar refractivity (Wildman–Crippen MR) is 115 cm³/mol. The molecule has 2 heterocycles. The van der Waals surface area contributed by atoms with Crippen LogP contribution in [0.25, 0.3) is 16.6 Å². The minimum atomic E-state index is -0.638. The summed E-state index contributed by atoms with van der Waals surface area (Å²) in [5.41, 5.74) is 4.10. The number of anilines is 1. The molecule has 2 aromatic carbocycles. The number of H-pyrrole nitrogens is 1. The molecule has 154 valence electrons. The summed E-state index contributed by atoms with van der Waals surface area (Å²) in [6.45, 7) is 3.44. The average Bonchev–Trinajstić information content (AvgIpc) is 3.37. The van der Waals surface area contributed by atoms with E-state index in [1.165, 1.54) is 10.9 Å². The van der Waals surface area contributed by atoms with E-state index in [9.17, 15) is 14.9 Å². The summed E-state index contributed by atoms with van der Waals surface area (Å²) in [7, 11) is 0. The van der Waals surface area contributed by atoms with Gasteiger partial charge in [0.1, 0.15) is 17.3 Å². The maximum atomic E-state index is 12.4. The molecular formula is C23H19N5O3. The van der Waals surface area contributed by atoms with Gasteiger partial charge in [-0.2, -0.15) is 10.4 Å². The molecule has 0 aliphatic heterocycles. The zero-order valence-corrected chi connectivity index (χ0v) is 17.0. The van der Waals surface area contributed by atoms with E-state index in [2.05, 4.69) is 15.4 Å². The van der Waals surface area contributed by atoms with Crippen LogP contribution in [0.15, 0.2) is 54.7 Å². The number of carbonyl (C=O) groups is 2. The van der Waals surface area contributed by atoms with E-state index in [0.29, 0.717) is 5.69 Å². The lowest BCUT2D eigenvalue weighted by Crippen LogP contribution is -2.23. The second-order valence-electron chi connectivity index (χ2n) is 7.12. The lowest BCUT2D eigenvalue weighted by atomic mass is 10.1. The van der Waals surface area contributed by atoms with Gasteiger partial charge in [-0.3, -0.25) is 4.79 Å². The van der Waals surface area contributed by atoms with Crippen molar-refractivity contribution >= 4 is 28.6 Å². The number of esters is 1. The fraction of sp³-hybridized carbons (Fsp3) is 0.130. The first-order valence-corrected chi connectivity index (χ1v) is 9.57. The Labute approximate surface area is 178 Å². The van der Waals surface area contributed by atoms with Crippen LogP contribution in [0.1, 0.15) is 27.2 Å². The van der Waals surface area contributed by atoms with E-state index in [4.69, 9.17) is 4.74 Å². The Kier molecular flexibility index (Phi) is 5.24. The summed E-state index contributed by atoms with van der Waals surface area (Å²) in [5, 5.41) is 17.0. The molecule has 0 radical (unpaired) electrons. The van der Waals surface area contributed by atoms with Gasteiger partial charge in [-0.25, -0.2) is 9.48 Å². The highest BCUT2D eigenvalue weighted by Gasteiger charge is 2.18. The molecular weight excluding hydrogens is 394 g/mol. The third-order valence-electron chi connectivity index (χ3n) is 4.79. The van der Waals surface area contributed by atoms with E-state index >= 15 is 0 Å². The standard InChI is InChI=1S/C23H19N5O3/c1-14-8-15(2)18-10-20(26-19(18)9-14)23(30)31-13-21(29)27-22-16(11-24)12-25-28(22)17-6-4-3-5-7-17/h3-10,12,26H,13H2,1-2H3,(H,27,29). The van der Waals surface area contributed by atoms with Gasteiger partial charge in [0.15, 0.2) is 12.4 Å². The molecule has 0 aliphatic carbocycles. The summed E-state index contributed by atoms with van der Waals surface area (Å²) in [4.78, 5) is 27.9. The van der Waals surface area contributed by atoms with Crippen LogP contribution in [0, 0.1) is 25.2 Å². The minimum absolute atomic E-state index is 0.199. The lowest BCUT2D eigenvalue weighted by Gasteiger charge is -2.09. The molecule has 4 rings (SSSR count). The van der Waals surface area contributed by atoms with Gasteiger partial charge in [0.2, 0.25) is 0 Å². The molecule has 0 bridgehead atoms. The van der Waals surface area contributed by atoms with Crippen LogP contribution in [-0.4, -0.2) is 33.2 Å². The van der Waals surface area contributed by atoms with Crippen molar-refractivity contribution in [3.63, 3.8) is 0 Å². The van der Waals surface area contributed by atoms with Crippen LogP contribution < -0.4 is 5.32 Å². The Morgan fingerprint density at radius 2 is 1.97 bits per heavy atom. The SMILES string of the molecule is Cc1cc(C)c2cc(C(=O)OCC(=O)Nc3c(C#N)cnn3-c3ccccc3)[nH]c2c1.